The van der Waals surface area contributed by atoms with Crippen LogP contribution in [0.1, 0.15) is 45.1 Å². The number of hydrogen-bond donors (Lipinski definition) is 1. The zero-order valence-electron chi connectivity index (χ0n) is 15.3. The molecule has 1 aromatic carbocycles. The topological polar surface area (TPSA) is 67.9 Å². The van der Waals surface area contributed by atoms with Crippen LogP contribution in [0, 0.1) is 0 Å². The fourth-order valence-corrected chi connectivity index (χ4v) is 2.92. The number of nitrogens with zero attached hydrogens (tertiary/aromatic N) is 1. The van der Waals surface area contributed by atoms with Crippen molar-refractivity contribution in [1.82, 2.24) is 10.2 Å². The van der Waals surface area contributed by atoms with E-state index >= 15 is 0 Å². The summed E-state index contributed by atoms with van der Waals surface area (Å²) in [6.07, 6.45) is 1.18. The van der Waals surface area contributed by atoms with Crippen molar-refractivity contribution in [3.63, 3.8) is 0 Å². The summed E-state index contributed by atoms with van der Waals surface area (Å²) in [7, 11) is 0. The maximum absolute atomic E-state index is 12.1. The number of carbonyl (C=O) groups is 2. The lowest BCUT2D eigenvalue weighted by Gasteiger charge is -2.31. The van der Waals surface area contributed by atoms with Crippen LogP contribution in [0.4, 0.5) is 4.79 Å². The zero-order chi connectivity index (χ0) is 18.2. The lowest BCUT2D eigenvalue weighted by molar-refractivity contribution is -0.124. The molecule has 1 heterocycles. The second-order valence-electron chi connectivity index (χ2n) is 6.51. The Morgan fingerprint density at radius 3 is 2.56 bits per heavy atom. The van der Waals surface area contributed by atoms with Crippen LogP contribution in [0.5, 0.6) is 5.75 Å². The number of piperidine rings is 1. The summed E-state index contributed by atoms with van der Waals surface area (Å²) in [6, 6.07) is 7.86. The quantitative estimate of drug-likeness (QED) is 0.858. The Balaban J connectivity index is 1.76. The van der Waals surface area contributed by atoms with Gasteiger partial charge in [-0.15, -0.1) is 0 Å². The van der Waals surface area contributed by atoms with Gasteiger partial charge in [0.25, 0.3) is 5.91 Å². The maximum atomic E-state index is 12.1. The van der Waals surface area contributed by atoms with Crippen molar-refractivity contribution >= 4 is 12.0 Å². The molecule has 0 spiro atoms. The number of rotatable bonds is 6. The normalized spacial score (nSPS) is 15.1. The summed E-state index contributed by atoms with van der Waals surface area (Å²) >= 11 is 0. The molecule has 0 unspecified atom stereocenters. The third kappa shape index (κ3) is 5.66. The first-order valence-corrected chi connectivity index (χ1v) is 8.94. The molecule has 0 aliphatic carbocycles. The molecule has 0 radical (unpaired) electrons. The van der Waals surface area contributed by atoms with Crippen LogP contribution in [0.15, 0.2) is 24.3 Å². The summed E-state index contributed by atoms with van der Waals surface area (Å²) < 4.78 is 10.7. The number of nitrogens with one attached hydrogen (secondary N) is 1. The number of hydrogen-bond acceptors (Lipinski definition) is 4. The zero-order valence-corrected chi connectivity index (χ0v) is 15.3. The summed E-state index contributed by atoms with van der Waals surface area (Å²) in [5.74, 6) is 0.962. The Kier molecular flexibility index (Phi) is 7.10. The molecule has 1 saturated heterocycles. The van der Waals surface area contributed by atoms with Crippen molar-refractivity contribution in [3.05, 3.63) is 29.8 Å². The van der Waals surface area contributed by atoms with Gasteiger partial charge in [-0.05, 0) is 37.3 Å². The van der Waals surface area contributed by atoms with E-state index in [9.17, 15) is 9.59 Å². The SMILES string of the molecule is CCOC(=O)N1CCC(NC(=O)COc2ccccc2C(C)C)CC1. The minimum Gasteiger partial charge on any atom is -0.483 e. The molecule has 6 nitrogen and oxygen atoms in total. The highest BCUT2D eigenvalue weighted by Crippen LogP contribution is 2.25. The van der Waals surface area contributed by atoms with Gasteiger partial charge in [-0.3, -0.25) is 4.79 Å². The average Bonchev–Trinajstić information content (AvgIpc) is 2.61. The molecule has 1 aliphatic heterocycles. The van der Waals surface area contributed by atoms with Crippen LogP contribution in [0.2, 0.25) is 0 Å². The van der Waals surface area contributed by atoms with Gasteiger partial charge >= 0.3 is 6.09 Å². The van der Waals surface area contributed by atoms with Crippen LogP contribution in [-0.2, 0) is 9.53 Å². The second-order valence-corrected chi connectivity index (χ2v) is 6.51. The summed E-state index contributed by atoms with van der Waals surface area (Å²) in [5.41, 5.74) is 1.10. The molecule has 2 amide bonds. The average molecular weight is 348 g/mol. The van der Waals surface area contributed by atoms with E-state index in [4.69, 9.17) is 9.47 Å². The van der Waals surface area contributed by atoms with E-state index in [0.29, 0.717) is 25.6 Å². The fourth-order valence-electron chi connectivity index (χ4n) is 2.92. The van der Waals surface area contributed by atoms with Gasteiger partial charge < -0.3 is 19.7 Å². The lowest BCUT2D eigenvalue weighted by Crippen LogP contribution is -2.47. The number of benzene rings is 1. The molecule has 0 atom stereocenters. The van der Waals surface area contributed by atoms with E-state index < -0.39 is 0 Å². The summed E-state index contributed by atoms with van der Waals surface area (Å²) in [5, 5.41) is 2.99. The molecular formula is C19H28N2O4. The second kappa shape index (κ2) is 9.30. The highest BCUT2D eigenvalue weighted by Gasteiger charge is 2.24. The van der Waals surface area contributed by atoms with Gasteiger partial charge in [-0.25, -0.2) is 4.79 Å². The molecular weight excluding hydrogens is 320 g/mol. The Bertz CT molecular complexity index is 581. The number of amides is 2. The van der Waals surface area contributed by atoms with Crippen molar-refractivity contribution in [2.24, 2.45) is 0 Å². The minimum atomic E-state index is -0.277. The lowest BCUT2D eigenvalue weighted by atomic mass is 10.0. The van der Waals surface area contributed by atoms with Crippen LogP contribution >= 0.6 is 0 Å². The van der Waals surface area contributed by atoms with E-state index in [1.807, 2.05) is 24.3 Å². The molecule has 138 valence electrons. The number of likely N-dealkylation sites (tertiary alicyclic amines) is 1. The van der Waals surface area contributed by atoms with Gasteiger partial charge in [0.15, 0.2) is 6.61 Å². The molecule has 2 rings (SSSR count). The molecule has 1 fully saturated rings. The van der Waals surface area contributed by atoms with E-state index in [1.54, 1.807) is 11.8 Å². The third-order valence-electron chi connectivity index (χ3n) is 4.29. The maximum Gasteiger partial charge on any atom is 0.409 e. The monoisotopic (exact) mass is 348 g/mol. The van der Waals surface area contributed by atoms with Crippen molar-refractivity contribution in [2.45, 2.75) is 45.6 Å². The first kappa shape index (κ1) is 19.1. The van der Waals surface area contributed by atoms with Gasteiger partial charge in [-0.1, -0.05) is 32.0 Å². The number of ether oxygens (including phenoxy) is 2. The number of carbonyl (C=O) groups excluding carboxylic acids is 2. The molecule has 25 heavy (non-hydrogen) atoms. The summed E-state index contributed by atoms with van der Waals surface area (Å²) in [4.78, 5) is 25.5. The minimum absolute atomic E-state index is 0.00181. The standard InChI is InChI=1S/C19H28N2O4/c1-4-24-19(23)21-11-9-15(10-12-21)20-18(22)13-25-17-8-6-5-7-16(17)14(2)3/h5-8,14-15H,4,9-13H2,1-3H3,(H,20,22). The van der Waals surface area contributed by atoms with Crippen molar-refractivity contribution < 1.29 is 19.1 Å². The first-order valence-electron chi connectivity index (χ1n) is 8.94. The van der Waals surface area contributed by atoms with Crippen molar-refractivity contribution in [2.75, 3.05) is 26.3 Å². The van der Waals surface area contributed by atoms with Gasteiger partial charge in [0.1, 0.15) is 5.75 Å². The Morgan fingerprint density at radius 1 is 1.24 bits per heavy atom. The van der Waals surface area contributed by atoms with Gasteiger partial charge in [-0.2, -0.15) is 0 Å². The van der Waals surface area contributed by atoms with Gasteiger partial charge in [0.2, 0.25) is 0 Å². The Morgan fingerprint density at radius 2 is 1.92 bits per heavy atom. The molecule has 6 heteroatoms. The summed E-state index contributed by atoms with van der Waals surface area (Å²) in [6.45, 7) is 7.57. The molecule has 0 bridgehead atoms. The highest BCUT2D eigenvalue weighted by atomic mass is 16.6. The molecule has 1 N–H and O–H groups in total. The van der Waals surface area contributed by atoms with Crippen LogP contribution in [0.25, 0.3) is 0 Å². The Hall–Kier alpha value is -2.24. The van der Waals surface area contributed by atoms with E-state index in [2.05, 4.69) is 19.2 Å². The molecule has 1 aliphatic rings. The molecule has 0 aromatic heterocycles. The van der Waals surface area contributed by atoms with Crippen LogP contribution in [0.3, 0.4) is 0 Å². The third-order valence-corrected chi connectivity index (χ3v) is 4.29. The van der Waals surface area contributed by atoms with Crippen LogP contribution in [-0.4, -0.2) is 49.2 Å². The van der Waals surface area contributed by atoms with Crippen molar-refractivity contribution in [3.8, 4) is 5.75 Å². The number of para-hydroxylation sites is 1. The van der Waals surface area contributed by atoms with Crippen LogP contribution < -0.4 is 10.1 Å². The molecule has 0 saturated carbocycles. The van der Waals surface area contributed by atoms with E-state index in [0.717, 1.165) is 24.2 Å². The Labute approximate surface area is 149 Å². The van der Waals surface area contributed by atoms with Gasteiger partial charge in [0.05, 0.1) is 6.61 Å². The van der Waals surface area contributed by atoms with E-state index in [-0.39, 0.29) is 24.6 Å². The van der Waals surface area contributed by atoms with E-state index in [1.165, 1.54) is 0 Å². The highest BCUT2D eigenvalue weighted by molar-refractivity contribution is 5.78. The largest absolute Gasteiger partial charge is 0.483 e. The van der Waals surface area contributed by atoms with Crippen molar-refractivity contribution in [1.29, 1.82) is 0 Å². The predicted molar refractivity (Wildman–Crippen MR) is 95.8 cm³/mol. The smallest absolute Gasteiger partial charge is 0.409 e. The first-order chi connectivity index (χ1) is 12.0. The van der Waals surface area contributed by atoms with Gasteiger partial charge in [0, 0.05) is 19.1 Å². The predicted octanol–water partition coefficient (Wildman–Crippen LogP) is 2.93. The fraction of sp³-hybridized carbons (Fsp3) is 0.579. The molecule has 1 aromatic rings.